The average molecular weight is 572 g/mol. The molecule has 12 nitrogen and oxygen atoms in total. The standard InChI is InChI=1S/C30H33N7O5/c1-4-37(30(41)36(3)18-14-22-10-5-6-16-32-22)29-35-24-13-12-23(20(2)26(24)28(40)42-29)34-25(38)11-8-17-33-27(39)21-9-7-15-31-19-21/h5-7,9-10,12-13,15-16,19H,4,8,11,14,17-18H2,1-3H3,(H,33,39)(H,34,38). The number of hydrogen-bond donors (Lipinski definition) is 2. The number of nitrogens with zero attached hydrogens (tertiary/aromatic N) is 5. The summed E-state index contributed by atoms with van der Waals surface area (Å²) >= 11 is 0. The molecule has 42 heavy (non-hydrogen) atoms. The third kappa shape index (κ3) is 7.33. The Morgan fingerprint density at radius 1 is 1.05 bits per heavy atom. The first-order valence-corrected chi connectivity index (χ1v) is 13.6. The van der Waals surface area contributed by atoms with Gasteiger partial charge in [-0.2, -0.15) is 4.98 Å². The molecule has 0 atom stereocenters. The smallest absolute Gasteiger partial charge is 0.348 e. The van der Waals surface area contributed by atoms with E-state index >= 15 is 0 Å². The summed E-state index contributed by atoms with van der Waals surface area (Å²) in [6, 6.07) is 11.8. The van der Waals surface area contributed by atoms with Gasteiger partial charge in [0.25, 0.3) is 5.91 Å². The number of benzene rings is 1. The molecule has 0 radical (unpaired) electrons. The number of pyridine rings is 2. The van der Waals surface area contributed by atoms with E-state index < -0.39 is 5.63 Å². The molecular weight excluding hydrogens is 538 g/mol. The highest BCUT2D eigenvalue weighted by molar-refractivity contribution is 5.97. The lowest BCUT2D eigenvalue weighted by Gasteiger charge is -2.25. The van der Waals surface area contributed by atoms with Crippen molar-refractivity contribution < 1.29 is 18.8 Å². The largest absolute Gasteiger partial charge is 0.388 e. The summed E-state index contributed by atoms with van der Waals surface area (Å²) in [5.41, 5.74) is 1.94. The molecule has 0 fully saturated rings. The molecule has 2 N–H and O–H groups in total. The van der Waals surface area contributed by atoms with E-state index in [1.165, 1.54) is 16.0 Å². The van der Waals surface area contributed by atoms with E-state index in [4.69, 9.17) is 4.42 Å². The van der Waals surface area contributed by atoms with E-state index in [0.717, 1.165) is 5.69 Å². The average Bonchev–Trinajstić information content (AvgIpc) is 3.00. The number of hydrogen-bond acceptors (Lipinski definition) is 8. The molecule has 1 aromatic carbocycles. The second-order valence-electron chi connectivity index (χ2n) is 9.58. The summed E-state index contributed by atoms with van der Waals surface area (Å²) in [6.07, 6.45) is 5.92. The number of urea groups is 1. The van der Waals surface area contributed by atoms with Crippen LogP contribution in [0.4, 0.5) is 16.5 Å². The zero-order valence-electron chi connectivity index (χ0n) is 23.8. The van der Waals surface area contributed by atoms with Crippen molar-refractivity contribution in [1.82, 2.24) is 25.2 Å². The van der Waals surface area contributed by atoms with E-state index in [1.807, 2.05) is 18.2 Å². The molecule has 12 heteroatoms. The number of amides is 4. The first-order chi connectivity index (χ1) is 20.3. The van der Waals surface area contributed by atoms with Crippen molar-refractivity contribution >= 4 is 40.5 Å². The van der Waals surface area contributed by atoms with Crippen molar-refractivity contribution in [3.63, 3.8) is 0 Å². The molecular formula is C30H33N7O5. The van der Waals surface area contributed by atoms with E-state index in [0.29, 0.717) is 48.3 Å². The Hall–Kier alpha value is -5.13. The van der Waals surface area contributed by atoms with Gasteiger partial charge in [-0.25, -0.2) is 14.5 Å². The Labute approximate surface area is 242 Å². The summed E-state index contributed by atoms with van der Waals surface area (Å²) in [7, 11) is 1.67. The van der Waals surface area contributed by atoms with Crippen molar-refractivity contribution in [3.05, 3.63) is 88.3 Å². The molecule has 0 saturated heterocycles. The second kappa shape index (κ2) is 14.0. The third-order valence-corrected chi connectivity index (χ3v) is 6.65. The molecule has 4 aromatic rings. The Balaban J connectivity index is 1.38. The van der Waals surface area contributed by atoms with Gasteiger partial charge in [0.1, 0.15) is 0 Å². The highest BCUT2D eigenvalue weighted by Gasteiger charge is 2.24. The molecule has 0 saturated carbocycles. The number of aryl methyl sites for hydroxylation is 1. The van der Waals surface area contributed by atoms with Gasteiger partial charge in [0.05, 0.1) is 16.5 Å². The summed E-state index contributed by atoms with van der Waals surface area (Å²) < 4.78 is 5.50. The number of fused-ring (bicyclic) bond motifs is 1. The lowest BCUT2D eigenvalue weighted by molar-refractivity contribution is -0.116. The topological polar surface area (TPSA) is 151 Å². The van der Waals surface area contributed by atoms with Gasteiger partial charge in [-0.05, 0) is 62.2 Å². The van der Waals surface area contributed by atoms with E-state index in [9.17, 15) is 19.2 Å². The lowest BCUT2D eigenvalue weighted by Crippen LogP contribution is -2.42. The van der Waals surface area contributed by atoms with Crippen LogP contribution in [0, 0.1) is 6.92 Å². The minimum absolute atomic E-state index is 0.103. The van der Waals surface area contributed by atoms with Gasteiger partial charge in [-0.1, -0.05) is 6.07 Å². The van der Waals surface area contributed by atoms with Crippen LogP contribution in [0.25, 0.3) is 10.9 Å². The van der Waals surface area contributed by atoms with Crippen molar-refractivity contribution in [3.8, 4) is 0 Å². The van der Waals surface area contributed by atoms with E-state index in [2.05, 4.69) is 25.6 Å². The normalized spacial score (nSPS) is 10.7. The number of carbonyl (C=O) groups is 3. The number of likely N-dealkylation sites (N-methyl/N-ethyl adjacent to an activating group) is 1. The van der Waals surface area contributed by atoms with Crippen LogP contribution in [-0.4, -0.2) is 64.4 Å². The lowest BCUT2D eigenvalue weighted by atomic mass is 10.1. The van der Waals surface area contributed by atoms with Gasteiger partial charge in [-0.15, -0.1) is 0 Å². The zero-order chi connectivity index (χ0) is 30.1. The molecule has 218 valence electrons. The minimum atomic E-state index is -0.663. The van der Waals surface area contributed by atoms with E-state index in [-0.39, 0.29) is 42.2 Å². The Morgan fingerprint density at radius 3 is 2.60 bits per heavy atom. The Morgan fingerprint density at radius 2 is 1.88 bits per heavy atom. The van der Waals surface area contributed by atoms with Gasteiger partial charge >= 0.3 is 17.7 Å². The minimum Gasteiger partial charge on any atom is -0.388 e. The maximum Gasteiger partial charge on any atom is 0.348 e. The molecule has 0 aliphatic carbocycles. The molecule has 0 aliphatic heterocycles. The molecule has 0 unspecified atom stereocenters. The van der Waals surface area contributed by atoms with Crippen molar-refractivity contribution in [2.24, 2.45) is 0 Å². The summed E-state index contributed by atoms with van der Waals surface area (Å²) in [4.78, 5) is 66.3. The van der Waals surface area contributed by atoms with Crippen molar-refractivity contribution in [1.29, 1.82) is 0 Å². The molecule has 0 bridgehead atoms. The predicted molar refractivity (Wildman–Crippen MR) is 158 cm³/mol. The number of nitrogens with one attached hydrogen (secondary N) is 2. The van der Waals surface area contributed by atoms with Crippen LogP contribution in [0.5, 0.6) is 0 Å². The fourth-order valence-electron chi connectivity index (χ4n) is 4.30. The Bertz CT molecular complexity index is 1610. The third-order valence-electron chi connectivity index (χ3n) is 6.65. The van der Waals surface area contributed by atoms with Gasteiger partial charge in [0.15, 0.2) is 0 Å². The van der Waals surface area contributed by atoms with Gasteiger partial charge < -0.3 is 20.0 Å². The maximum atomic E-state index is 13.2. The number of rotatable bonds is 11. The molecule has 3 aromatic heterocycles. The molecule has 3 heterocycles. The predicted octanol–water partition coefficient (Wildman–Crippen LogP) is 3.56. The highest BCUT2D eigenvalue weighted by atomic mass is 16.4. The molecule has 4 rings (SSSR count). The summed E-state index contributed by atoms with van der Waals surface area (Å²) in [5, 5.41) is 5.78. The number of carbonyl (C=O) groups excluding carboxylic acids is 3. The SMILES string of the molecule is CCN(C(=O)N(C)CCc1ccccn1)c1nc2ccc(NC(=O)CCCNC(=O)c3cccnc3)c(C)c2c(=O)o1. The summed E-state index contributed by atoms with van der Waals surface area (Å²) in [5.74, 6) is -0.523. The van der Waals surface area contributed by atoms with Crippen LogP contribution >= 0.6 is 0 Å². The van der Waals surface area contributed by atoms with Crippen molar-refractivity contribution in [2.75, 3.05) is 36.9 Å². The molecule has 0 spiro atoms. The van der Waals surface area contributed by atoms with Crippen LogP contribution in [-0.2, 0) is 11.2 Å². The highest BCUT2D eigenvalue weighted by Crippen LogP contribution is 2.24. The first-order valence-electron chi connectivity index (χ1n) is 13.6. The first kappa shape index (κ1) is 29.8. The quantitative estimate of drug-likeness (QED) is 0.260. The van der Waals surface area contributed by atoms with Gasteiger partial charge in [0.2, 0.25) is 5.91 Å². The summed E-state index contributed by atoms with van der Waals surface area (Å²) in [6.45, 7) is 4.44. The number of anilines is 2. The monoisotopic (exact) mass is 571 g/mol. The van der Waals surface area contributed by atoms with Crippen LogP contribution in [0.15, 0.2) is 70.3 Å². The zero-order valence-corrected chi connectivity index (χ0v) is 23.8. The van der Waals surface area contributed by atoms with Crippen LogP contribution in [0.3, 0.4) is 0 Å². The fourth-order valence-corrected chi connectivity index (χ4v) is 4.30. The van der Waals surface area contributed by atoms with Crippen LogP contribution in [0.2, 0.25) is 0 Å². The maximum absolute atomic E-state index is 13.2. The van der Waals surface area contributed by atoms with Crippen molar-refractivity contribution in [2.45, 2.75) is 33.1 Å². The fraction of sp³-hybridized carbons (Fsp3) is 0.300. The molecule has 0 aliphatic rings. The van der Waals surface area contributed by atoms with E-state index in [1.54, 1.807) is 57.6 Å². The number of aromatic nitrogens is 3. The molecule has 4 amide bonds. The second-order valence-corrected chi connectivity index (χ2v) is 9.58. The van der Waals surface area contributed by atoms with Crippen LogP contribution in [0.1, 0.15) is 41.4 Å². The van der Waals surface area contributed by atoms with Gasteiger partial charge in [0, 0.05) is 69.5 Å². The van der Waals surface area contributed by atoms with Gasteiger partial charge in [-0.3, -0.25) is 19.6 Å². The Kier molecular flexibility index (Phi) is 9.93. The van der Waals surface area contributed by atoms with Crippen LogP contribution < -0.4 is 21.2 Å².